The Labute approximate surface area is 112 Å². The Balaban J connectivity index is 1.82. The first kappa shape index (κ1) is 13.4. The number of rotatable bonds is 6. The van der Waals surface area contributed by atoms with Crippen molar-refractivity contribution in [2.45, 2.75) is 20.0 Å². The van der Waals surface area contributed by atoms with Crippen LogP contribution >= 0.6 is 0 Å². The lowest BCUT2D eigenvalue weighted by molar-refractivity contribution is 0.410. The zero-order valence-electron chi connectivity index (χ0n) is 11.3. The molecule has 102 valence electrons. The van der Waals surface area contributed by atoms with E-state index >= 15 is 0 Å². The summed E-state index contributed by atoms with van der Waals surface area (Å²) in [5, 5.41) is 17.2. The van der Waals surface area contributed by atoms with Crippen LogP contribution in [0.2, 0.25) is 0 Å². The van der Waals surface area contributed by atoms with Crippen LogP contribution in [0.15, 0.2) is 30.6 Å². The van der Waals surface area contributed by atoms with E-state index in [1.165, 1.54) is 0 Å². The molecular weight excluding hydrogens is 242 g/mol. The van der Waals surface area contributed by atoms with E-state index in [4.69, 9.17) is 4.74 Å². The molecule has 0 amide bonds. The molecule has 0 spiro atoms. The van der Waals surface area contributed by atoms with Crippen molar-refractivity contribution in [3.8, 4) is 11.5 Å². The van der Waals surface area contributed by atoms with Crippen LogP contribution in [-0.2, 0) is 13.1 Å². The van der Waals surface area contributed by atoms with E-state index in [9.17, 15) is 5.11 Å². The molecule has 1 aromatic carbocycles. The second-order valence-corrected chi connectivity index (χ2v) is 4.45. The molecule has 2 rings (SSSR count). The lowest BCUT2D eigenvalue weighted by Crippen LogP contribution is -2.19. The van der Waals surface area contributed by atoms with Gasteiger partial charge in [0, 0.05) is 24.8 Å². The minimum Gasteiger partial charge on any atom is -0.508 e. The van der Waals surface area contributed by atoms with Gasteiger partial charge in [-0.05, 0) is 30.7 Å². The largest absolute Gasteiger partial charge is 0.508 e. The number of methoxy groups -OCH3 is 1. The highest BCUT2D eigenvalue weighted by molar-refractivity contribution is 5.39. The van der Waals surface area contributed by atoms with E-state index in [0.29, 0.717) is 6.54 Å². The highest BCUT2D eigenvalue weighted by atomic mass is 16.5. The Morgan fingerprint density at radius 1 is 1.42 bits per heavy atom. The third-order valence-corrected chi connectivity index (χ3v) is 2.88. The van der Waals surface area contributed by atoms with Crippen LogP contribution in [0.3, 0.4) is 0 Å². The van der Waals surface area contributed by atoms with Crippen LogP contribution in [-0.4, -0.2) is 28.5 Å². The molecule has 1 heterocycles. The van der Waals surface area contributed by atoms with E-state index in [2.05, 4.69) is 10.4 Å². The average Bonchev–Trinajstić information content (AvgIpc) is 2.82. The second-order valence-electron chi connectivity index (χ2n) is 4.45. The summed E-state index contributed by atoms with van der Waals surface area (Å²) in [7, 11) is 1.61. The van der Waals surface area contributed by atoms with Gasteiger partial charge in [-0.3, -0.25) is 4.68 Å². The molecule has 0 aliphatic rings. The maximum absolute atomic E-state index is 9.74. The molecule has 0 fully saturated rings. The molecule has 5 heteroatoms. The van der Waals surface area contributed by atoms with Crippen molar-refractivity contribution in [3.63, 3.8) is 0 Å². The maximum atomic E-state index is 9.74. The summed E-state index contributed by atoms with van der Waals surface area (Å²) in [6.07, 6.45) is 3.85. The monoisotopic (exact) mass is 261 g/mol. The summed E-state index contributed by atoms with van der Waals surface area (Å²) < 4.78 is 7.03. The molecule has 2 aromatic rings. The number of benzene rings is 1. The van der Waals surface area contributed by atoms with Gasteiger partial charge in [0.2, 0.25) is 0 Å². The zero-order chi connectivity index (χ0) is 13.7. The molecule has 0 atom stereocenters. The van der Waals surface area contributed by atoms with E-state index in [-0.39, 0.29) is 5.75 Å². The van der Waals surface area contributed by atoms with E-state index in [0.717, 1.165) is 30.0 Å². The molecule has 0 saturated heterocycles. The first-order valence-corrected chi connectivity index (χ1v) is 6.24. The van der Waals surface area contributed by atoms with Crippen molar-refractivity contribution < 1.29 is 9.84 Å². The van der Waals surface area contributed by atoms with Crippen molar-refractivity contribution in [1.29, 1.82) is 0 Å². The Hall–Kier alpha value is -2.01. The predicted molar refractivity (Wildman–Crippen MR) is 73.3 cm³/mol. The molecule has 2 N–H and O–H groups in total. The number of nitrogens with one attached hydrogen (secondary N) is 1. The number of hydrogen-bond donors (Lipinski definition) is 2. The highest BCUT2D eigenvalue weighted by Crippen LogP contribution is 2.22. The standard InChI is InChI=1S/C14H19N3O2/c1-11-8-16-17(10-11)6-5-15-9-12-7-13(19-2)3-4-14(12)18/h3-4,7-8,10,15,18H,5-6,9H2,1-2H3. The summed E-state index contributed by atoms with van der Waals surface area (Å²) in [6, 6.07) is 5.22. The molecule has 1 aromatic heterocycles. The van der Waals surface area contributed by atoms with Crippen molar-refractivity contribution in [3.05, 3.63) is 41.7 Å². The van der Waals surface area contributed by atoms with Crippen molar-refractivity contribution in [1.82, 2.24) is 15.1 Å². The number of hydrogen-bond acceptors (Lipinski definition) is 4. The SMILES string of the molecule is COc1ccc(O)c(CNCCn2cc(C)cn2)c1. The van der Waals surface area contributed by atoms with Gasteiger partial charge in [-0.2, -0.15) is 5.10 Å². The summed E-state index contributed by atoms with van der Waals surface area (Å²) in [6.45, 7) is 4.21. The Morgan fingerprint density at radius 3 is 2.95 bits per heavy atom. The van der Waals surface area contributed by atoms with E-state index in [1.54, 1.807) is 19.2 Å². The van der Waals surface area contributed by atoms with Crippen molar-refractivity contribution >= 4 is 0 Å². The number of phenolic OH excluding ortho intramolecular Hbond substituents is 1. The second kappa shape index (κ2) is 6.24. The van der Waals surface area contributed by atoms with Crippen LogP contribution in [0.5, 0.6) is 11.5 Å². The molecule has 5 nitrogen and oxygen atoms in total. The van der Waals surface area contributed by atoms with Gasteiger partial charge in [0.05, 0.1) is 19.9 Å². The fourth-order valence-electron chi connectivity index (χ4n) is 1.84. The first-order valence-electron chi connectivity index (χ1n) is 6.24. The van der Waals surface area contributed by atoms with E-state index in [1.807, 2.05) is 30.1 Å². The zero-order valence-corrected chi connectivity index (χ0v) is 11.3. The fraction of sp³-hybridized carbons (Fsp3) is 0.357. The Bertz CT molecular complexity index is 537. The van der Waals surface area contributed by atoms with Gasteiger partial charge in [-0.25, -0.2) is 0 Å². The molecule has 0 aliphatic heterocycles. The molecule has 19 heavy (non-hydrogen) atoms. The van der Waals surface area contributed by atoms with Crippen LogP contribution in [0, 0.1) is 6.92 Å². The lowest BCUT2D eigenvalue weighted by Gasteiger charge is -2.09. The Kier molecular flexibility index (Phi) is 4.41. The van der Waals surface area contributed by atoms with Gasteiger partial charge >= 0.3 is 0 Å². The maximum Gasteiger partial charge on any atom is 0.120 e. The number of aromatic hydroxyl groups is 1. The van der Waals surface area contributed by atoms with Gasteiger partial charge in [0.15, 0.2) is 0 Å². The Morgan fingerprint density at radius 2 is 2.26 bits per heavy atom. The molecule has 0 bridgehead atoms. The van der Waals surface area contributed by atoms with Crippen LogP contribution < -0.4 is 10.1 Å². The molecular formula is C14H19N3O2. The minimum atomic E-state index is 0.281. The molecule has 0 unspecified atom stereocenters. The molecule has 0 aliphatic carbocycles. The lowest BCUT2D eigenvalue weighted by atomic mass is 10.2. The third-order valence-electron chi connectivity index (χ3n) is 2.88. The summed E-state index contributed by atoms with van der Waals surface area (Å²) in [5.41, 5.74) is 1.99. The first-order chi connectivity index (χ1) is 9.19. The van der Waals surface area contributed by atoms with Gasteiger partial charge in [0.25, 0.3) is 0 Å². The number of aromatic nitrogens is 2. The summed E-state index contributed by atoms with van der Waals surface area (Å²) >= 11 is 0. The topological polar surface area (TPSA) is 59.3 Å². The number of aryl methyl sites for hydroxylation is 1. The van der Waals surface area contributed by atoms with Gasteiger partial charge in [-0.1, -0.05) is 0 Å². The third kappa shape index (κ3) is 3.72. The van der Waals surface area contributed by atoms with Crippen molar-refractivity contribution in [2.75, 3.05) is 13.7 Å². The van der Waals surface area contributed by atoms with E-state index < -0.39 is 0 Å². The van der Waals surface area contributed by atoms with Crippen LogP contribution in [0.4, 0.5) is 0 Å². The predicted octanol–water partition coefficient (Wildman–Crippen LogP) is 1.70. The summed E-state index contributed by atoms with van der Waals surface area (Å²) in [5.74, 6) is 1.03. The quantitative estimate of drug-likeness (QED) is 0.777. The summed E-state index contributed by atoms with van der Waals surface area (Å²) in [4.78, 5) is 0. The van der Waals surface area contributed by atoms with Gasteiger partial charge in [0.1, 0.15) is 11.5 Å². The fourth-order valence-corrected chi connectivity index (χ4v) is 1.84. The van der Waals surface area contributed by atoms with Crippen molar-refractivity contribution in [2.24, 2.45) is 0 Å². The number of phenols is 1. The smallest absolute Gasteiger partial charge is 0.120 e. The normalized spacial score (nSPS) is 10.6. The molecule has 0 radical (unpaired) electrons. The average molecular weight is 261 g/mol. The number of ether oxygens (including phenoxy) is 1. The highest BCUT2D eigenvalue weighted by Gasteiger charge is 2.03. The molecule has 0 saturated carbocycles. The number of nitrogens with zero attached hydrogens (tertiary/aromatic N) is 2. The van der Waals surface area contributed by atoms with Gasteiger partial charge < -0.3 is 15.2 Å². The van der Waals surface area contributed by atoms with Crippen LogP contribution in [0.1, 0.15) is 11.1 Å². The minimum absolute atomic E-state index is 0.281. The van der Waals surface area contributed by atoms with Crippen LogP contribution in [0.25, 0.3) is 0 Å². The van der Waals surface area contributed by atoms with Gasteiger partial charge in [-0.15, -0.1) is 0 Å².